The molecule has 8 rings (SSSR count). The second-order valence-electron chi connectivity index (χ2n) is 12.3. The standard InChI is InChI=1S/C21H18ClN5O2.C18H17N7O/c1-2-11-5-3-4-6-15(11)25-17-13(19(23)29)10-24-21-18(17)26-20(27-21)12-7-8-16(28)14(22)9-12;1-2-10-5-3-4-6-12(10)23-14-11(16(19)26)7-21-18-15(14)24-17(25-18)13-8-20-9-22-13/h3-10,28H,2H2,1H3,(H2,23,29)(H2,24,25,26,27);3-9H,2H2,1H3,(H2,19,26)(H,20,22)(H2,21,23,24,25). The summed E-state index contributed by atoms with van der Waals surface area (Å²) >= 11 is 6.02. The molecule has 0 aliphatic carbocycles. The molecule has 2 amide bonds. The Balaban J connectivity index is 0.000000170. The van der Waals surface area contributed by atoms with E-state index in [-0.39, 0.29) is 16.3 Å². The SMILES string of the molecule is CCc1ccccc1Nc1c(C(N)=O)cnc2nc(-c3ccc(O)c(Cl)c3)[nH]c12.CCc1ccccc1Nc1c(C(N)=O)cnc2nc(-c3cnc[nH]3)[nH]c12. The van der Waals surface area contributed by atoms with Gasteiger partial charge in [0.1, 0.15) is 28.3 Å². The lowest BCUT2D eigenvalue weighted by molar-refractivity contribution is 0.0992. The molecule has 10 N–H and O–H groups in total. The quantitative estimate of drug-likeness (QED) is 0.0701. The predicted octanol–water partition coefficient (Wildman–Crippen LogP) is 7.14. The Kier molecular flexibility index (Phi) is 10.1. The minimum absolute atomic E-state index is 0.0146. The molecular formula is C39H35ClN12O3. The maximum atomic E-state index is 12.0. The number of imidazole rings is 3. The normalized spacial score (nSPS) is 11.0. The number of aromatic nitrogens is 8. The number of aromatic hydroxyl groups is 1. The first-order valence-corrected chi connectivity index (χ1v) is 17.6. The molecule has 0 atom stereocenters. The monoisotopic (exact) mass is 754 g/mol. The highest BCUT2D eigenvalue weighted by Crippen LogP contribution is 2.34. The van der Waals surface area contributed by atoms with Crippen molar-refractivity contribution in [2.75, 3.05) is 10.6 Å². The van der Waals surface area contributed by atoms with Crippen molar-refractivity contribution in [3.63, 3.8) is 0 Å². The van der Waals surface area contributed by atoms with Crippen molar-refractivity contribution in [2.24, 2.45) is 11.5 Å². The van der Waals surface area contributed by atoms with Gasteiger partial charge in [0.2, 0.25) is 0 Å². The van der Waals surface area contributed by atoms with E-state index >= 15 is 0 Å². The lowest BCUT2D eigenvalue weighted by atomic mass is 10.1. The third-order valence-corrected chi connectivity index (χ3v) is 9.16. The van der Waals surface area contributed by atoms with Crippen LogP contribution in [0.5, 0.6) is 5.75 Å². The molecule has 276 valence electrons. The van der Waals surface area contributed by atoms with E-state index in [1.54, 1.807) is 24.7 Å². The Hall–Kier alpha value is -7.26. The zero-order chi connectivity index (χ0) is 38.6. The van der Waals surface area contributed by atoms with Crippen LogP contribution in [-0.2, 0) is 12.8 Å². The van der Waals surface area contributed by atoms with Gasteiger partial charge >= 0.3 is 0 Å². The molecule has 8 aromatic rings. The molecule has 0 radical (unpaired) electrons. The third kappa shape index (κ3) is 7.36. The summed E-state index contributed by atoms with van der Waals surface area (Å²) in [7, 11) is 0. The Bertz CT molecular complexity index is 2690. The third-order valence-electron chi connectivity index (χ3n) is 8.86. The number of benzene rings is 3. The zero-order valence-electron chi connectivity index (χ0n) is 29.6. The van der Waals surface area contributed by atoms with E-state index < -0.39 is 11.8 Å². The van der Waals surface area contributed by atoms with Gasteiger partial charge in [-0.2, -0.15) is 0 Å². The number of nitrogens with one attached hydrogen (secondary N) is 5. The molecule has 0 saturated carbocycles. The number of carbonyl (C=O) groups is 2. The molecule has 0 fully saturated rings. The Morgan fingerprint density at radius 2 is 1.27 bits per heavy atom. The van der Waals surface area contributed by atoms with Gasteiger partial charge in [-0.15, -0.1) is 0 Å². The van der Waals surface area contributed by atoms with Gasteiger partial charge in [-0.1, -0.05) is 61.8 Å². The number of nitrogens with two attached hydrogens (primary N) is 2. The minimum Gasteiger partial charge on any atom is -0.506 e. The number of phenolic OH excluding ortho intramolecular Hbond substituents is 1. The number of anilines is 4. The smallest absolute Gasteiger partial charge is 0.252 e. The number of H-pyrrole nitrogens is 3. The molecule has 0 bridgehead atoms. The van der Waals surface area contributed by atoms with E-state index in [1.165, 1.54) is 18.5 Å². The molecule has 0 saturated heterocycles. The van der Waals surface area contributed by atoms with Crippen LogP contribution in [0.15, 0.2) is 91.6 Å². The van der Waals surface area contributed by atoms with Crippen LogP contribution >= 0.6 is 11.6 Å². The predicted molar refractivity (Wildman–Crippen MR) is 213 cm³/mol. The number of phenols is 1. The molecular weight excluding hydrogens is 720 g/mol. The van der Waals surface area contributed by atoms with Crippen LogP contribution in [0, 0.1) is 0 Å². The molecule has 0 aliphatic rings. The number of para-hydroxylation sites is 2. The molecule has 16 heteroatoms. The maximum Gasteiger partial charge on any atom is 0.252 e. The van der Waals surface area contributed by atoms with Gasteiger partial charge in [0, 0.05) is 29.3 Å². The summed E-state index contributed by atoms with van der Waals surface area (Å²) in [6.45, 7) is 4.13. The fourth-order valence-electron chi connectivity index (χ4n) is 6.02. The fourth-order valence-corrected chi connectivity index (χ4v) is 6.20. The fraction of sp³-hybridized carbons (Fsp3) is 0.103. The molecule has 55 heavy (non-hydrogen) atoms. The average Bonchev–Trinajstić information content (AvgIpc) is 3.97. The van der Waals surface area contributed by atoms with Gasteiger partial charge in [0.05, 0.1) is 40.0 Å². The van der Waals surface area contributed by atoms with E-state index in [4.69, 9.17) is 23.1 Å². The molecule has 5 aromatic heterocycles. The maximum absolute atomic E-state index is 12.0. The number of hydrogen-bond acceptors (Lipinski definition) is 10. The van der Waals surface area contributed by atoms with Crippen LogP contribution in [-0.4, -0.2) is 56.8 Å². The van der Waals surface area contributed by atoms with Gasteiger partial charge < -0.3 is 42.2 Å². The average molecular weight is 755 g/mol. The van der Waals surface area contributed by atoms with Gasteiger partial charge in [-0.3, -0.25) is 9.59 Å². The summed E-state index contributed by atoms with van der Waals surface area (Å²) in [5.74, 6) is -0.0891. The second-order valence-corrected chi connectivity index (χ2v) is 12.7. The van der Waals surface area contributed by atoms with E-state index in [1.807, 2.05) is 48.5 Å². The molecule has 15 nitrogen and oxygen atoms in total. The van der Waals surface area contributed by atoms with Crippen molar-refractivity contribution in [2.45, 2.75) is 26.7 Å². The van der Waals surface area contributed by atoms with Crippen LogP contribution in [0.1, 0.15) is 45.7 Å². The summed E-state index contributed by atoms with van der Waals surface area (Å²) in [5.41, 5.74) is 20.2. The Morgan fingerprint density at radius 3 is 1.76 bits per heavy atom. The first-order chi connectivity index (χ1) is 26.6. The topological polar surface area (TPSA) is 242 Å². The number of primary amides is 2. The number of amides is 2. The van der Waals surface area contributed by atoms with E-state index in [2.05, 4.69) is 64.4 Å². The summed E-state index contributed by atoms with van der Waals surface area (Å²) in [6, 6.07) is 20.5. The lowest BCUT2D eigenvalue weighted by Crippen LogP contribution is -2.14. The second kappa shape index (κ2) is 15.4. The highest BCUT2D eigenvalue weighted by atomic mass is 35.5. The van der Waals surface area contributed by atoms with Crippen LogP contribution in [0.2, 0.25) is 5.02 Å². The van der Waals surface area contributed by atoms with Gasteiger partial charge in [-0.05, 0) is 54.3 Å². The van der Waals surface area contributed by atoms with Gasteiger partial charge in [-0.25, -0.2) is 24.9 Å². The number of carbonyl (C=O) groups excluding carboxylic acids is 2. The summed E-state index contributed by atoms with van der Waals surface area (Å²) < 4.78 is 0. The van der Waals surface area contributed by atoms with Crippen LogP contribution < -0.4 is 22.1 Å². The highest BCUT2D eigenvalue weighted by molar-refractivity contribution is 6.32. The van der Waals surface area contributed by atoms with Crippen LogP contribution in [0.3, 0.4) is 0 Å². The van der Waals surface area contributed by atoms with Crippen molar-refractivity contribution in [3.05, 3.63) is 119 Å². The highest BCUT2D eigenvalue weighted by Gasteiger charge is 2.20. The molecule has 3 aromatic carbocycles. The van der Waals surface area contributed by atoms with Gasteiger partial charge in [0.25, 0.3) is 11.8 Å². The lowest BCUT2D eigenvalue weighted by Gasteiger charge is -2.13. The summed E-state index contributed by atoms with van der Waals surface area (Å²) in [4.78, 5) is 54.9. The molecule has 0 aliphatic heterocycles. The summed E-state index contributed by atoms with van der Waals surface area (Å²) in [5, 5.41) is 16.5. The first-order valence-electron chi connectivity index (χ1n) is 17.2. The minimum atomic E-state index is -0.597. The number of halogens is 1. The Morgan fingerprint density at radius 1 is 0.745 bits per heavy atom. The van der Waals surface area contributed by atoms with E-state index in [0.717, 1.165) is 41.0 Å². The van der Waals surface area contributed by atoms with E-state index in [9.17, 15) is 14.7 Å². The largest absolute Gasteiger partial charge is 0.506 e. The van der Waals surface area contributed by atoms with Gasteiger partial charge in [0.15, 0.2) is 17.1 Å². The molecule has 0 spiro atoms. The van der Waals surface area contributed by atoms with Crippen LogP contribution in [0.25, 0.3) is 45.2 Å². The number of aryl methyl sites for hydroxylation is 2. The first kappa shape index (κ1) is 36.1. The molecule has 5 heterocycles. The van der Waals surface area contributed by atoms with Crippen LogP contribution in [0.4, 0.5) is 22.7 Å². The number of fused-ring (bicyclic) bond motifs is 2. The van der Waals surface area contributed by atoms with Crippen molar-refractivity contribution in [1.29, 1.82) is 0 Å². The number of pyridine rings is 2. The number of aromatic amines is 3. The zero-order valence-corrected chi connectivity index (χ0v) is 30.4. The summed E-state index contributed by atoms with van der Waals surface area (Å²) in [6.07, 6.45) is 7.76. The number of nitrogens with zero attached hydrogens (tertiary/aromatic N) is 5. The van der Waals surface area contributed by atoms with Crippen molar-refractivity contribution < 1.29 is 14.7 Å². The van der Waals surface area contributed by atoms with Crippen molar-refractivity contribution >= 4 is 68.5 Å². The Labute approximate surface area is 318 Å². The van der Waals surface area contributed by atoms with Crippen molar-refractivity contribution in [3.8, 4) is 28.7 Å². The number of hydrogen-bond donors (Lipinski definition) is 8. The molecule has 0 unspecified atom stereocenters. The number of rotatable bonds is 10. The van der Waals surface area contributed by atoms with E-state index in [0.29, 0.717) is 56.5 Å². The van der Waals surface area contributed by atoms with Crippen molar-refractivity contribution in [1.82, 2.24) is 39.9 Å².